The van der Waals surface area contributed by atoms with Crippen molar-refractivity contribution in [3.05, 3.63) is 45.8 Å². The number of anilines is 2. The van der Waals surface area contributed by atoms with Crippen molar-refractivity contribution in [2.24, 2.45) is 0 Å². The molecule has 0 atom stereocenters. The average Bonchev–Trinajstić information content (AvgIpc) is 3.13. The topological polar surface area (TPSA) is 93.4 Å². The molecular weight excluding hydrogens is 426 g/mol. The zero-order valence-electron chi connectivity index (χ0n) is 15.6. The van der Waals surface area contributed by atoms with E-state index in [4.69, 9.17) is 9.26 Å². The highest BCUT2D eigenvalue weighted by Gasteiger charge is 2.29. The fourth-order valence-electron chi connectivity index (χ4n) is 3.10. The van der Waals surface area contributed by atoms with E-state index in [1.54, 1.807) is 27.4 Å². The molecule has 3 aromatic rings. The van der Waals surface area contributed by atoms with Crippen LogP contribution in [0.4, 0.5) is 11.6 Å². The molecule has 0 saturated carbocycles. The van der Waals surface area contributed by atoms with Crippen LogP contribution in [0, 0.1) is 0 Å². The molecule has 8 nitrogen and oxygen atoms in total. The van der Waals surface area contributed by atoms with Crippen LogP contribution in [-0.4, -0.2) is 47.1 Å². The minimum absolute atomic E-state index is 0.204. The molecule has 0 saturated heterocycles. The number of hydrogen-bond donors (Lipinski definition) is 1. The monoisotopic (exact) mass is 443 g/mol. The maximum Gasteiger partial charge on any atom is 0.292 e. The van der Waals surface area contributed by atoms with Gasteiger partial charge in [0.25, 0.3) is 5.91 Å². The van der Waals surface area contributed by atoms with Crippen molar-refractivity contribution >= 4 is 33.5 Å². The third-order valence-electron chi connectivity index (χ3n) is 4.53. The molecule has 2 aromatic heterocycles. The first kappa shape index (κ1) is 18.4. The summed E-state index contributed by atoms with van der Waals surface area (Å²) < 4.78 is 11.7. The van der Waals surface area contributed by atoms with E-state index in [1.165, 1.54) is 4.90 Å². The molecule has 0 unspecified atom stereocenters. The van der Waals surface area contributed by atoms with Gasteiger partial charge in [0.05, 0.1) is 12.8 Å². The van der Waals surface area contributed by atoms with E-state index in [-0.39, 0.29) is 11.7 Å². The number of carbonyl (C=O) groups excluding carboxylic acids is 1. The van der Waals surface area contributed by atoms with Crippen LogP contribution in [0.2, 0.25) is 0 Å². The van der Waals surface area contributed by atoms with Crippen LogP contribution in [0.15, 0.2) is 33.4 Å². The minimum atomic E-state index is -0.204. The second kappa shape index (κ2) is 7.23. The highest BCUT2D eigenvalue weighted by atomic mass is 79.9. The van der Waals surface area contributed by atoms with Crippen molar-refractivity contribution in [2.75, 3.05) is 26.5 Å². The minimum Gasteiger partial charge on any atom is -0.495 e. The summed E-state index contributed by atoms with van der Waals surface area (Å²) in [6.45, 7) is 0. The lowest BCUT2D eigenvalue weighted by Crippen LogP contribution is -2.23. The van der Waals surface area contributed by atoms with Gasteiger partial charge in [-0.25, -0.2) is 9.97 Å². The van der Waals surface area contributed by atoms with Crippen molar-refractivity contribution in [3.8, 4) is 17.1 Å². The molecule has 144 valence electrons. The molecule has 0 spiro atoms. The van der Waals surface area contributed by atoms with Crippen LogP contribution >= 0.6 is 15.9 Å². The maximum absolute atomic E-state index is 12.3. The second-order valence-electron chi connectivity index (χ2n) is 6.58. The summed E-state index contributed by atoms with van der Waals surface area (Å²) in [5.41, 5.74) is 3.77. The Hall–Kier alpha value is -2.94. The smallest absolute Gasteiger partial charge is 0.292 e. The number of hydrogen-bond acceptors (Lipinski definition) is 7. The number of carbonyl (C=O) groups is 1. The molecular formula is C19H18BrN5O3. The van der Waals surface area contributed by atoms with E-state index in [0.29, 0.717) is 29.5 Å². The standard InChI is InChI=1S/C19H18BrN5O3/c1-25(2)18(26)17-12-6-4-10-9-21-19(23-15(10)16(12)24-28-17)22-13-7-5-11(20)8-14(13)27-3/h5,7-9H,4,6H2,1-3H3,(H,21,22,23). The number of methoxy groups -OCH3 is 1. The van der Waals surface area contributed by atoms with Crippen molar-refractivity contribution in [1.82, 2.24) is 20.0 Å². The maximum atomic E-state index is 12.3. The third-order valence-corrected chi connectivity index (χ3v) is 5.03. The van der Waals surface area contributed by atoms with Crippen LogP contribution < -0.4 is 10.1 Å². The average molecular weight is 444 g/mol. The summed E-state index contributed by atoms with van der Waals surface area (Å²) in [7, 11) is 4.97. The Morgan fingerprint density at radius 3 is 2.86 bits per heavy atom. The van der Waals surface area contributed by atoms with Gasteiger partial charge in [0.1, 0.15) is 17.1 Å². The molecule has 2 heterocycles. The summed E-state index contributed by atoms with van der Waals surface area (Å²) >= 11 is 3.43. The normalized spacial score (nSPS) is 12.1. The second-order valence-corrected chi connectivity index (χ2v) is 7.49. The number of aromatic nitrogens is 3. The summed E-state index contributed by atoms with van der Waals surface area (Å²) in [5.74, 6) is 1.14. The predicted octanol–water partition coefficient (Wildman–Crippen LogP) is 3.45. The molecule has 0 bridgehead atoms. The number of benzene rings is 1. The molecule has 4 rings (SSSR count). The number of rotatable bonds is 4. The van der Waals surface area contributed by atoms with E-state index >= 15 is 0 Å². The van der Waals surface area contributed by atoms with Crippen LogP contribution in [0.1, 0.15) is 21.7 Å². The zero-order valence-corrected chi connectivity index (χ0v) is 17.2. The van der Waals surface area contributed by atoms with Gasteiger partial charge in [-0.05, 0) is 36.6 Å². The molecule has 1 amide bonds. The van der Waals surface area contributed by atoms with E-state index in [2.05, 4.69) is 36.4 Å². The fourth-order valence-corrected chi connectivity index (χ4v) is 3.44. The van der Waals surface area contributed by atoms with Crippen molar-refractivity contribution in [3.63, 3.8) is 0 Å². The van der Waals surface area contributed by atoms with Gasteiger partial charge in [-0.2, -0.15) is 0 Å². The first-order valence-corrected chi connectivity index (χ1v) is 9.44. The molecule has 9 heteroatoms. The molecule has 28 heavy (non-hydrogen) atoms. The highest BCUT2D eigenvalue weighted by Crippen LogP contribution is 2.35. The number of ether oxygens (including phenoxy) is 1. The molecule has 1 aromatic carbocycles. The molecule has 1 aliphatic carbocycles. The lowest BCUT2D eigenvalue weighted by atomic mass is 9.93. The Kier molecular flexibility index (Phi) is 4.76. The van der Waals surface area contributed by atoms with Crippen LogP contribution in [0.5, 0.6) is 5.75 Å². The Bertz CT molecular complexity index is 1060. The van der Waals surface area contributed by atoms with Gasteiger partial charge in [0, 0.05) is 30.3 Å². The van der Waals surface area contributed by atoms with Crippen molar-refractivity contribution in [1.29, 1.82) is 0 Å². The number of nitrogens with one attached hydrogen (secondary N) is 1. The Morgan fingerprint density at radius 1 is 1.29 bits per heavy atom. The van der Waals surface area contributed by atoms with E-state index in [0.717, 1.165) is 27.7 Å². The number of nitrogens with zero attached hydrogens (tertiary/aromatic N) is 4. The quantitative estimate of drug-likeness (QED) is 0.659. The largest absolute Gasteiger partial charge is 0.495 e. The van der Waals surface area contributed by atoms with Gasteiger partial charge < -0.3 is 19.5 Å². The number of amides is 1. The van der Waals surface area contributed by atoms with Gasteiger partial charge >= 0.3 is 0 Å². The van der Waals surface area contributed by atoms with E-state index in [9.17, 15) is 4.79 Å². The lowest BCUT2D eigenvalue weighted by molar-refractivity contribution is 0.0785. The molecule has 1 N–H and O–H groups in total. The third kappa shape index (κ3) is 3.22. The summed E-state index contributed by atoms with van der Waals surface area (Å²) in [6, 6.07) is 5.63. The Morgan fingerprint density at radius 2 is 2.11 bits per heavy atom. The number of aryl methyl sites for hydroxylation is 1. The van der Waals surface area contributed by atoms with Gasteiger partial charge in [-0.15, -0.1) is 0 Å². The van der Waals surface area contributed by atoms with Gasteiger partial charge in [-0.1, -0.05) is 21.1 Å². The fraction of sp³-hybridized carbons (Fsp3) is 0.263. The summed E-state index contributed by atoms with van der Waals surface area (Å²) in [6.07, 6.45) is 3.16. The molecule has 1 aliphatic rings. The van der Waals surface area contributed by atoms with E-state index in [1.807, 2.05) is 18.2 Å². The van der Waals surface area contributed by atoms with Crippen LogP contribution in [0.3, 0.4) is 0 Å². The van der Waals surface area contributed by atoms with Gasteiger partial charge in [0.2, 0.25) is 11.7 Å². The summed E-state index contributed by atoms with van der Waals surface area (Å²) in [5, 5.41) is 7.30. The number of halogens is 1. The molecule has 0 fully saturated rings. The first-order chi connectivity index (χ1) is 13.5. The molecule has 0 aliphatic heterocycles. The molecule has 0 radical (unpaired) electrons. The lowest BCUT2D eigenvalue weighted by Gasteiger charge is -2.16. The van der Waals surface area contributed by atoms with Gasteiger partial charge in [0.15, 0.2) is 0 Å². The highest BCUT2D eigenvalue weighted by molar-refractivity contribution is 9.10. The summed E-state index contributed by atoms with van der Waals surface area (Å²) in [4.78, 5) is 22.8. The Balaban J connectivity index is 1.71. The van der Waals surface area contributed by atoms with Crippen molar-refractivity contribution < 1.29 is 14.1 Å². The van der Waals surface area contributed by atoms with Gasteiger partial charge in [-0.3, -0.25) is 4.79 Å². The first-order valence-electron chi connectivity index (χ1n) is 8.65. The van der Waals surface area contributed by atoms with Crippen molar-refractivity contribution in [2.45, 2.75) is 12.8 Å². The Labute approximate surface area is 170 Å². The number of fused-ring (bicyclic) bond motifs is 3. The predicted molar refractivity (Wildman–Crippen MR) is 107 cm³/mol. The zero-order chi connectivity index (χ0) is 19.8. The van der Waals surface area contributed by atoms with Crippen LogP contribution in [-0.2, 0) is 12.8 Å². The van der Waals surface area contributed by atoms with E-state index < -0.39 is 0 Å². The SMILES string of the molecule is COc1cc(Br)ccc1Nc1ncc2c(n1)-c1noc(C(=O)N(C)C)c1CC2. The van der Waals surface area contributed by atoms with Crippen LogP contribution in [0.25, 0.3) is 11.4 Å².